The number of aromatic nitrogens is 1. The van der Waals surface area contributed by atoms with Crippen molar-refractivity contribution < 1.29 is 33.3 Å². The Kier molecular flexibility index (Phi) is 15.8. The minimum atomic E-state index is -0.742. The van der Waals surface area contributed by atoms with Gasteiger partial charge in [0.25, 0.3) is 0 Å². The van der Waals surface area contributed by atoms with Gasteiger partial charge in [0.05, 0.1) is 0 Å². The summed E-state index contributed by atoms with van der Waals surface area (Å²) in [5.41, 5.74) is 6.93. The van der Waals surface area contributed by atoms with Crippen LogP contribution in [0, 0.1) is 0 Å². The topological polar surface area (TPSA) is 58.9 Å². The molecular weight excluding hydrogens is 706 g/mol. The Hall–Kier alpha value is -5.54. The molecule has 5 nitrogen and oxygen atoms in total. The molecule has 0 aliphatic carbocycles. The van der Waals surface area contributed by atoms with Gasteiger partial charge in [-0.1, -0.05) is 200 Å². The summed E-state index contributed by atoms with van der Waals surface area (Å²) in [6, 6.07) is 67.3. The van der Waals surface area contributed by atoms with Crippen molar-refractivity contribution in [1.29, 1.82) is 0 Å². The van der Waals surface area contributed by atoms with Crippen molar-refractivity contribution in [2.24, 2.45) is 4.99 Å². The van der Waals surface area contributed by atoms with Gasteiger partial charge >= 0.3 is 18.9 Å². The molecule has 6 aromatic carbocycles. The first kappa shape index (κ1) is 42.1. The molecule has 58 heavy (non-hydrogen) atoms. The predicted molar refractivity (Wildman–Crippen MR) is 232 cm³/mol. The summed E-state index contributed by atoms with van der Waals surface area (Å²) in [4.78, 5) is 14.2. The van der Waals surface area contributed by atoms with E-state index in [4.69, 9.17) is 19.5 Å². The van der Waals surface area contributed by atoms with Crippen LogP contribution in [-0.4, -0.2) is 38.9 Å². The van der Waals surface area contributed by atoms with E-state index >= 15 is 0 Å². The molecule has 6 heteroatoms. The van der Waals surface area contributed by atoms with Crippen LogP contribution in [0.1, 0.15) is 70.5 Å². The van der Waals surface area contributed by atoms with Crippen LogP contribution in [0.25, 0.3) is 0 Å². The van der Waals surface area contributed by atoms with E-state index in [1.165, 1.54) is 25.7 Å². The Morgan fingerprint density at radius 1 is 0.414 bits per heavy atom. The van der Waals surface area contributed by atoms with Crippen molar-refractivity contribution in [3.8, 4) is 0 Å². The van der Waals surface area contributed by atoms with Gasteiger partial charge in [-0.3, -0.25) is 4.99 Å². The molecule has 1 N–H and O–H groups in total. The van der Waals surface area contributed by atoms with Gasteiger partial charge in [-0.15, -0.1) is 5.69 Å². The molecule has 0 spiro atoms. The molecule has 2 aliphatic rings. The van der Waals surface area contributed by atoms with Crippen LogP contribution in [0.15, 0.2) is 199 Å². The number of hydrogen-bond donors (Lipinski definition) is 1. The first-order chi connectivity index (χ1) is 28.3. The van der Waals surface area contributed by atoms with Gasteiger partial charge < -0.3 is 14.5 Å². The standard InChI is InChI=1S/C44H34N3.2C4H8O.Li/c1-7-19-35(20-8-1)43(36-21-9-2-10-22-36,37-23-11-3-12-24-37)45-33-41-31-32-42(47-41)34-46-44(38-25-13-4-14-26-38,39-27-15-5-16-28-39)40-29-17-6-18-30-40;2*1-2-4-5-3-1;/h1-34H;2*1-4H2;/q-1;;;+1/p+1. The molecule has 0 radical (unpaired) electrons. The summed E-state index contributed by atoms with van der Waals surface area (Å²) in [5, 5.41) is 0. The van der Waals surface area contributed by atoms with Crippen LogP contribution in [0.3, 0.4) is 0 Å². The Labute approximate surface area is 356 Å². The number of hydrogen-bond acceptors (Lipinski definition) is 3. The Balaban J connectivity index is 0.000000451. The van der Waals surface area contributed by atoms with E-state index in [0.717, 1.165) is 71.2 Å². The summed E-state index contributed by atoms with van der Waals surface area (Å²) in [5.74, 6) is 0. The fourth-order valence-electron chi connectivity index (χ4n) is 7.49. The fourth-order valence-corrected chi connectivity index (χ4v) is 7.49. The largest absolute Gasteiger partial charge is 1.00 e. The van der Waals surface area contributed by atoms with Crippen molar-refractivity contribution in [2.45, 2.75) is 36.8 Å². The van der Waals surface area contributed by atoms with Crippen molar-refractivity contribution in [1.82, 2.24) is 4.98 Å². The maximum absolute atomic E-state index is 5.38. The smallest absolute Gasteiger partial charge is 0.652 e. The maximum Gasteiger partial charge on any atom is 1.00 e. The molecule has 286 valence electrons. The monoisotopic (exact) mass is 756 g/mol. The second-order valence-corrected chi connectivity index (χ2v) is 14.1. The Morgan fingerprint density at radius 3 is 1.03 bits per heavy atom. The number of rotatable bonds is 10. The van der Waals surface area contributed by atoms with Gasteiger partial charge in [0.2, 0.25) is 5.54 Å². The third-order valence-electron chi connectivity index (χ3n) is 10.4. The van der Waals surface area contributed by atoms with Gasteiger partial charge in [0, 0.05) is 49.3 Å². The van der Waals surface area contributed by atoms with Crippen molar-refractivity contribution >= 4 is 12.4 Å². The fraction of sp³-hybridized carbons (Fsp3) is 0.192. The molecule has 9 rings (SSSR count). The van der Waals surface area contributed by atoms with Crippen molar-refractivity contribution in [3.63, 3.8) is 0 Å². The van der Waals surface area contributed by atoms with Crippen LogP contribution in [0.4, 0.5) is 0 Å². The molecule has 0 atom stereocenters. The average molecular weight is 757 g/mol. The molecule has 0 bridgehead atoms. The normalized spacial score (nSPS) is 13.9. The molecule has 0 unspecified atom stereocenters. The number of ether oxygens (including phenoxy) is 2. The second-order valence-electron chi connectivity index (χ2n) is 14.1. The zero-order valence-corrected chi connectivity index (χ0v) is 33.5. The first-order valence-electron chi connectivity index (χ1n) is 20.1. The predicted octanol–water partition coefficient (Wildman–Crippen LogP) is 6.14. The average Bonchev–Trinajstić information content (AvgIpc) is 4.15. The summed E-state index contributed by atoms with van der Waals surface area (Å²) in [6.45, 7) is 4.00. The minimum Gasteiger partial charge on any atom is -0.652 e. The molecule has 0 amide bonds. The summed E-state index contributed by atoms with van der Waals surface area (Å²) in [7, 11) is 0. The Morgan fingerprint density at radius 2 is 0.724 bits per heavy atom. The van der Waals surface area contributed by atoms with E-state index in [1.807, 2.05) is 42.8 Å². The SMILES string of the molecule is C(=NC(c1ccccc1)(c1ccccc1)c1ccccc1)c1ccc(C=[NH+]C(c2ccccc2)(c2ccccc2)c2ccccc2)[n-]1.C1CCOC1.C1CCOC1.[Li+]. The van der Waals surface area contributed by atoms with Crippen LogP contribution in [-0.2, 0) is 20.6 Å². The van der Waals surface area contributed by atoms with Crippen molar-refractivity contribution in [3.05, 3.63) is 239 Å². The van der Waals surface area contributed by atoms with Crippen LogP contribution in [0.5, 0.6) is 0 Å². The number of nitrogens with one attached hydrogen (secondary N) is 1. The van der Waals surface area contributed by atoms with E-state index in [0.29, 0.717) is 0 Å². The van der Waals surface area contributed by atoms with Crippen LogP contribution < -0.4 is 28.8 Å². The minimum absolute atomic E-state index is 0. The molecule has 0 saturated carbocycles. The van der Waals surface area contributed by atoms with Gasteiger partial charge in [-0.05, 0) is 42.4 Å². The molecule has 2 aliphatic heterocycles. The third kappa shape index (κ3) is 10.3. The van der Waals surface area contributed by atoms with E-state index in [1.54, 1.807) is 0 Å². The first-order valence-corrected chi connectivity index (χ1v) is 20.1. The second kappa shape index (κ2) is 21.8. The van der Waals surface area contributed by atoms with Crippen LogP contribution in [0.2, 0.25) is 0 Å². The molecule has 7 aromatic rings. The molecular formula is C52H51LiN3O2+. The van der Waals surface area contributed by atoms with Gasteiger partial charge in [0.15, 0.2) is 0 Å². The van der Waals surface area contributed by atoms with Crippen LogP contribution >= 0.6 is 0 Å². The van der Waals surface area contributed by atoms with E-state index in [-0.39, 0.29) is 18.9 Å². The summed E-state index contributed by atoms with van der Waals surface area (Å²) < 4.78 is 9.89. The molecule has 1 aromatic heterocycles. The van der Waals surface area contributed by atoms with Gasteiger partial charge in [-0.2, -0.15) is 0 Å². The molecule has 2 saturated heterocycles. The number of aliphatic imine (C=N–C) groups is 1. The van der Waals surface area contributed by atoms with E-state index < -0.39 is 11.1 Å². The number of benzene rings is 6. The van der Waals surface area contributed by atoms with E-state index in [2.05, 4.69) is 169 Å². The summed E-state index contributed by atoms with van der Waals surface area (Å²) in [6.07, 6.45) is 9.03. The zero-order chi connectivity index (χ0) is 38.9. The summed E-state index contributed by atoms with van der Waals surface area (Å²) >= 11 is 0. The number of nitrogens with zero attached hydrogens (tertiary/aromatic N) is 2. The molecule has 3 heterocycles. The Bertz CT molecular complexity index is 1870. The van der Waals surface area contributed by atoms with E-state index in [9.17, 15) is 0 Å². The maximum atomic E-state index is 5.38. The molecule has 2 fully saturated rings. The zero-order valence-electron chi connectivity index (χ0n) is 33.5. The third-order valence-corrected chi connectivity index (χ3v) is 10.4. The van der Waals surface area contributed by atoms with Crippen molar-refractivity contribution in [2.75, 3.05) is 26.4 Å². The quantitative estimate of drug-likeness (QED) is 0.104. The van der Waals surface area contributed by atoms with Gasteiger partial charge in [0.1, 0.15) is 11.8 Å². The van der Waals surface area contributed by atoms with Gasteiger partial charge in [-0.25, -0.2) is 4.99 Å².